The van der Waals surface area contributed by atoms with Gasteiger partial charge in [0, 0.05) is 42.7 Å². The summed E-state index contributed by atoms with van der Waals surface area (Å²) in [4.78, 5) is 28.2. The summed E-state index contributed by atoms with van der Waals surface area (Å²) >= 11 is 0. The van der Waals surface area contributed by atoms with E-state index in [0.29, 0.717) is 42.6 Å². The molecule has 2 aromatic rings. The van der Waals surface area contributed by atoms with Crippen molar-refractivity contribution in [2.45, 2.75) is 26.7 Å². The first-order valence-electron chi connectivity index (χ1n) is 10.7. The van der Waals surface area contributed by atoms with E-state index in [9.17, 15) is 9.59 Å². The van der Waals surface area contributed by atoms with Gasteiger partial charge in [-0.3, -0.25) is 9.59 Å². The van der Waals surface area contributed by atoms with Gasteiger partial charge in [0.1, 0.15) is 11.5 Å². The molecule has 0 bridgehead atoms. The zero-order valence-corrected chi connectivity index (χ0v) is 19.0. The van der Waals surface area contributed by atoms with Crippen LogP contribution in [-0.4, -0.2) is 50.6 Å². The molecular formula is C25H32N2O4. The van der Waals surface area contributed by atoms with Crippen molar-refractivity contribution in [3.63, 3.8) is 0 Å². The number of amides is 2. The van der Waals surface area contributed by atoms with Crippen LogP contribution in [-0.2, 0) is 4.79 Å². The third-order valence-corrected chi connectivity index (χ3v) is 5.84. The molecule has 6 heteroatoms. The predicted octanol–water partition coefficient (Wildman–Crippen LogP) is 3.64. The van der Waals surface area contributed by atoms with Crippen LogP contribution < -0.4 is 14.8 Å². The molecule has 0 aromatic heterocycles. The molecule has 1 heterocycles. The highest BCUT2D eigenvalue weighted by molar-refractivity contribution is 5.96. The Kier molecular flexibility index (Phi) is 7.21. The van der Waals surface area contributed by atoms with E-state index in [2.05, 4.69) is 19.2 Å². The molecule has 1 fully saturated rings. The van der Waals surface area contributed by atoms with Crippen LogP contribution in [0.4, 0.5) is 0 Å². The molecule has 6 nitrogen and oxygen atoms in total. The van der Waals surface area contributed by atoms with Gasteiger partial charge in [-0.05, 0) is 30.5 Å². The topological polar surface area (TPSA) is 67.9 Å². The maximum Gasteiger partial charge on any atom is 0.254 e. The molecule has 2 atom stereocenters. The summed E-state index contributed by atoms with van der Waals surface area (Å²) in [5, 5.41) is 3.05. The van der Waals surface area contributed by atoms with Gasteiger partial charge in [-0.1, -0.05) is 38.1 Å². The summed E-state index contributed by atoms with van der Waals surface area (Å²) in [5.41, 5.74) is 2.51. The third-order valence-electron chi connectivity index (χ3n) is 5.84. The van der Waals surface area contributed by atoms with Crippen molar-refractivity contribution < 1.29 is 19.1 Å². The summed E-state index contributed by atoms with van der Waals surface area (Å²) in [5.74, 6) is 1.11. The van der Waals surface area contributed by atoms with E-state index in [1.54, 1.807) is 19.1 Å². The zero-order chi connectivity index (χ0) is 22.5. The quantitative estimate of drug-likeness (QED) is 0.737. The van der Waals surface area contributed by atoms with Crippen molar-refractivity contribution in [1.29, 1.82) is 0 Å². The molecule has 0 spiro atoms. The van der Waals surface area contributed by atoms with Gasteiger partial charge in [0.2, 0.25) is 5.91 Å². The Morgan fingerprint density at radius 1 is 1.10 bits per heavy atom. The number of hydrogen-bond acceptors (Lipinski definition) is 4. The zero-order valence-electron chi connectivity index (χ0n) is 19.0. The van der Waals surface area contributed by atoms with Crippen molar-refractivity contribution in [3.05, 3.63) is 59.2 Å². The molecule has 0 saturated carbocycles. The minimum atomic E-state index is -0.353. The van der Waals surface area contributed by atoms with E-state index in [0.717, 1.165) is 11.1 Å². The van der Waals surface area contributed by atoms with Gasteiger partial charge in [0.15, 0.2) is 0 Å². The van der Waals surface area contributed by atoms with Crippen molar-refractivity contribution in [1.82, 2.24) is 10.2 Å². The molecule has 3 rings (SSSR count). The minimum Gasteiger partial charge on any atom is -0.497 e. The molecule has 1 N–H and O–H groups in total. The average molecular weight is 425 g/mol. The highest BCUT2D eigenvalue weighted by Crippen LogP contribution is 2.39. The van der Waals surface area contributed by atoms with Crippen molar-refractivity contribution >= 4 is 11.8 Å². The third kappa shape index (κ3) is 5.01. The highest BCUT2D eigenvalue weighted by atomic mass is 16.5. The molecule has 1 saturated heterocycles. The average Bonchev–Trinajstić information content (AvgIpc) is 3.22. The number of rotatable bonds is 7. The second-order valence-corrected chi connectivity index (χ2v) is 8.48. The SMILES string of the molecule is COc1ccc([C@@H]2CN(C(=O)c3ccccc3C)C[C@H]2C(=O)NCC(C)C)c(OC)c1. The number of ether oxygens (including phenoxy) is 2. The Morgan fingerprint density at radius 3 is 2.48 bits per heavy atom. The number of nitrogens with one attached hydrogen (secondary N) is 1. The molecule has 2 amide bonds. The largest absolute Gasteiger partial charge is 0.497 e. The molecule has 2 aromatic carbocycles. The Hall–Kier alpha value is -3.02. The molecule has 1 aliphatic heterocycles. The van der Waals surface area contributed by atoms with Crippen LogP contribution in [0.25, 0.3) is 0 Å². The van der Waals surface area contributed by atoms with Crippen molar-refractivity contribution in [2.75, 3.05) is 33.9 Å². The molecule has 0 aliphatic carbocycles. The Balaban J connectivity index is 1.93. The standard InChI is InChI=1S/C25H32N2O4/c1-16(2)13-26-24(28)22-15-27(25(29)19-9-7-6-8-17(19)3)14-21(22)20-11-10-18(30-4)12-23(20)31-5/h6-12,16,21-22H,13-15H2,1-5H3,(H,26,28)/t21-,22+/m0/s1. The maximum absolute atomic E-state index is 13.3. The van der Waals surface area contributed by atoms with E-state index in [4.69, 9.17) is 9.47 Å². The van der Waals surface area contributed by atoms with Gasteiger partial charge in [-0.15, -0.1) is 0 Å². The normalized spacial score (nSPS) is 18.2. The number of methoxy groups -OCH3 is 2. The smallest absolute Gasteiger partial charge is 0.254 e. The fraction of sp³-hybridized carbons (Fsp3) is 0.440. The fourth-order valence-corrected chi connectivity index (χ4v) is 4.09. The number of benzene rings is 2. The molecule has 0 radical (unpaired) electrons. The van der Waals surface area contributed by atoms with Crippen LogP contribution in [0.5, 0.6) is 11.5 Å². The van der Waals surface area contributed by atoms with Crippen LogP contribution in [0.3, 0.4) is 0 Å². The van der Waals surface area contributed by atoms with E-state index in [-0.39, 0.29) is 23.7 Å². The number of likely N-dealkylation sites (tertiary alicyclic amines) is 1. The first kappa shape index (κ1) is 22.7. The lowest BCUT2D eigenvalue weighted by Crippen LogP contribution is -2.37. The first-order chi connectivity index (χ1) is 14.8. The predicted molar refractivity (Wildman–Crippen MR) is 121 cm³/mol. The maximum atomic E-state index is 13.3. The molecule has 0 unspecified atom stereocenters. The number of nitrogens with zero attached hydrogens (tertiary/aromatic N) is 1. The number of carbonyl (C=O) groups excluding carboxylic acids is 2. The lowest BCUT2D eigenvalue weighted by atomic mass is 9.87. The van der Waals surface area contributed by atoms with Gasteiger partial charge in [0.25, 0.3) is 5.91 Å². The van der Waals surface area contributed by atoms with Crippen LogP contribution in [0, 0.1) is 18.8 Å². The van der Waals surface area contributed by atoms with E-state index in [1.807, 2.05) is 49.4 Å². The molecule has 1 aliphatic rings. The van der Waals surface area contributed by atoms with Crippen LogP contribution in [0.1, 0.15) is 41.3 Å². The van der Waals surface area contributed by atoms with Crippen molar-refractivity contribution in [2.24, 2.45) is 11.8 Å². The summed E-state index contributed by atoms with van der Waals surface area (Å²) in [7, 11) is 3.21. The molecule has 166 valence electrons. The van der Waals surface area contributed by atoms with E-state index < -0.39 is 0 Å². The van der Waals surface area contributed by atoms with E-state index >= 15 is 0 Å². The summed E-state index contributed by atoms with van der Waals surface area (Å²) in [6.45, 7) is 7.49. The van der Waals surface area contributed by atoms with Crippen molar-refractivity contribution in [3.8, 4) is 11.5 Å². The second-order valence-electron chi connectivity index (χ2n) is 8.48. The summed E-state index contributed by atoms with van der Waals surface area (Å²) in [6.07, 6.45) is 0. The van der Waals surface area contributed by atoms with Crippen LogP contribution in [0.15, 0.2) is 42.5 Å². The van der Waals surface area contributed by atoms with Gasteiger partial charge < -0.3 is 19.7 Å². The Bertz CT molecular complexity index is 941. The summed E-state index contributed by atoms with van der Waals surface area (Å²) in [6, 6.07) is 13.2. The lowest BCUT2D eigenvalue weighted by molar-refractivity contribution is -0.125. The summed E-state index contributed by atoms with van der Waals surface area (Å²) < 4.78 is 10.9. The number of aryl methyl sites for hydroxylation is 1. The monoisotopic (exact) mass is 424 g/mol. The minimum absolute atomic E-state index is 0.0309. The van der Waals surface area contributed by atoms with Crippen LogP contribution in [0.2, 0.25) is 0 Å². The number of hydrogen-bond donors (Lipinski definition) is 1. The number of carbonyl (C=O) groups is 2. The highest BCUT2D eigenvalue weighted by Gasteiger charge is 2.42. The Morgan fingerprint density at radius 2 is 1.84 bits per heavy atom. The van der Waals surface area contributed by atoms with Crippen LogP contribution >= 0.6 is 0 Å². The van der Waals surface area contributed by atoms with E-state index in [1.165, 1.54) is 0 Å². The van der Waals surface area contributed by atoms with Gasteiger partial charge in [-0.2, -0.15) is 0 Å². The molecule has 31 heavy (non-hydrogen) atoms. The second kappa shape index (κ2) is 9.86. The molecular weight excluding hydrogens is 392 g/mol. The first-order valence-corrected chi connectivity index (χ1v) is 10.7. The van der Waals surface area contributed by atoms with Gasteiger partial charge in [-0.25, -0.2) is 0 Å². The Labute approximate surface area is 184 Å². The lowest BCUT2D eigenvalue weighted by Gasteiger charge is -2.21. The van der Waals surface area contributed by atoms with Gasteiger partial charge >= 0.3 is 0 Å². The van der Waals surface area contributed by atoms with Gasteiger partial charge in [0.05, 0.1) is 20.1 Å². The fourth-order valence-electron chi connectivity index (χ4n) is 4.09.